The van der Waals surface area contributed by atoms with Gasteiger partial charge in [0, 0.05) is 33.5 Å². The fourth-order valence-corrected chi connectivity index (χ4v) is 2.65. The number of ether oxygens (including phenoxy) is 1. The van der Waals surface area contributed by atoms with E-state index in [0.29, 0.717) is 11.5 Å². The van der Waals surface area contributed by atoms with Gasteiger partial charge in [-0.2, -0.15) is 0 Å². The largest absolute Gasteiger partial charge is 0.444 e. The number of nitrogens with zero attached hydrogens (tertiary/aromatic N) is 1. The third-order valence-corrected chi connectivity index (χ3v) is 3.74. The van der Waals surface area contributed by atoms with Crippen LogP contribution in [-0.4, -0.2) is 21.7 Å². The van der Waals surface area contributed by atoms with Gasteiger partial charge in [0.1, 0.15) is 5.60 Å². The van der Waals surface area contributed by atoms with Crippen molar-refractivity contribution in [2.45, 2.75) is 26.4 Å². The first kappa shape index (κ1) is 17.3. The molecule has 0 saturated heterocycles. The van der Waals surface area contributed by atoms with Crippen LogP contribution in [0.2, 0.25) is 0 Å². The lowest BCUT2D eigenvalue weighted by Gasteiger charge is -2.20. The number of H-pyrrole nitrogens is 1. The van der Waals surface area contributed by atoms with E-state index in [0.717, 1.165) is 21.1 Å². The number of amides is 1. The third-order valence-electron chi connectivity index (χ3n) is 3.31. The monoisotopic (exact) mass is 402 g/mol. The smallest absolute Gasteiger partial charge is 0.413 e. The van der Waals surface area contributed by atoms with Crippen molar-refractivity contribution in [2.75, 3.05) is 10.6 Å². The van der Waals surface area contributed by atoms with E-state index >= 15 is 0 Å². The molecule has 0 aliphatic rings. The van der Waals surface area contributed by atoms with Gasteiger partial charge in [-0.3, -0.25) is 5.32 Å². The van der Waals surface area contributed by atoms with E-state index in [1.165, 1.54) is 0 Å². The molecule has 0 atom stereocenters. The van der Waals surface area contributed by atoms with Crippen molar-refractivity contribution in [3.63, 3.8) is 0 Å². The molecule has 0 fully saturated rings. The average Bonchev–Trinajstić information content (AvgIpc) is 2.96. The Morgan fingerprint density at radius 1 is 1.24 bits per heavy atom. The van der Waals surface area contributed by atoms with Gasteiger partial charge in [-0.25, -0.2) is 9.78 Å². The fourth-order valence-electron chi connectivity index (χ4n) is 2.32. The highest BCUT2D eigenvalue weighted by atomic mass is 79.9. The van der Waals surface area contributed by atoms with Gasteiger partial charge in [-0.1, -0.05) is 0 Å². The molecule has 2 aromatic heterocycles. The second-order valence-corrected chi connectivity index (χ2v) is 7.50. The lowest BCUT2D eigenvalue weighted by Crippen LogP contribution is -2.27. The maximum absolute atomic E-state index is 12.0. The molecule has 3 N–H and O–H groups in total. The first-order chi connectivity index (χ1) is 11.8. The lowest BCUT2D eigenvalue weighted by atomic mass is 10.2. The Hall–Kier alpha value is -2.54. The number of nitrogens with one attached hydrogen (secondary N) is 3. The van der Waals surface area contributed by atoms with Crippen LogP contribution in [0.3, 0.4) is 0 Å². The number of carbonyl (C=O) groups excluding carboxylic acids is 1. The van der Waals surface area contributed by atoms with Crippen LogP contribution in [0.25, 0.3) is 10.9 Å². The van der Waals surface area contributed by atoms with Crippen LogP contribution in [0.5, 0.6) is 0 Å². The lowest BCUT2D eigenvalue weighted by molar-refractivity contribution is 0.0635. The van der Waals surface area contributed by atoms with Crippen molar-refractivity contribution in [1.29, 1.82) is 0 Å². The van der Waals surface area contributed by atoms with Crippen molar-refractivity contribution in [3.05, 3.63) is 47.2 Å². The summed E-state index contributed by atoms with van der Waals surface area (Å²) >= 11 is 3.41. The molecule has 7 heteroatoms. The number of halogens is 1. The van der Waals surface area contributed by atoms with E-state index < -0.39 is 11.7 Å². The molecule has 25 heavy (non-hydrogen) atoms. The Morgan fingerprint density at radius 2 is 2.04 bits per heavy atom. The quantitative estimate of drug-likeness (QED) is 0.546. The van der Waals surface area contributed by atoms with Crippen LogP contribution in [0.1, 0.15) is 20.8 Å². The van der Waals surface area contributed by atoms with Crippen LogP contribution in [0.15, 0.2) is 47.2 Å². The predicted molar refractivity (Wildman–Crippen MR) is 103 cm³/mol. The van der Waals surface area contributed by atoms with E-state index in [-0.39, 0.29) is 0 Å². The number of hydrogen-bond donors (Lipinski definition) is 3. The summed E-state index contributed by atoms with van der Waals surface area (Å²) in [5, 5.41) is 7.06. The van der Waals surface area contributed by atoms with Crippen molar-refractivity contribution in [3.8, 4) is 0 Å². The number of carbonyl (C=O) groups is 1. The van der Waals surface area contributed by atoms with E-state index in [9.17, 15) is 4.79 Å². The van der Waals surface area contributed by atoms with E-state index in [2.05, 4.69) is 36.5 Å². The Kier molecular flexibility index (Phi) is 4.67. The van der Waals surface area contributed by atoms with Gasteiger partial charge < -0.3 is 15.0 Å². The minimum atomic E-state index is -0.577. The highest BCUT2D eigenvalue weighted by molar-refractivity contribution is 9.10. The van der Waals surface area contributed by atoms with Crippen LogP contribution in [0, 0.1) is 0 Å². The molecule has 0 bridgehead atoms. The molecule has 1 aromatic carbocycles. The third kappa shape index (κ3) is 4.51. The summed E-state index contributed by atoms with van der Waals surface area (Å²) in [6.45, 7) is 5.44. The number of anilines is 3. The van der Waals surface area contributed by atoms with Gasteiger partial charge >= 0.3 is 6.09 Å². The Bertz CT molecular complexity index is 915. The molecule has 0 saturated carbocycles. The summed E-state index contributed by atoms with van der Waals surface area (Å²) < 4.78 is 6.09. The Morgan fingerprint density at radius 3 is 2.80 bits per heavy atom. The number of pyridine rings is 1. The molecule has 0 radical (unpaired) electrons. The SMILES string of the molecule is CC(C)(C)OC(=O)Nc1ncc(Br)cc1Nc1ccc2[nH]ccc2c1. The predicted octanol–water partition coefficient (Wildman–Crippen LogP) is 5.42. The topological polar surface area (TPSA) is 79.0 Å². The second-order valence-electron chi connectivity index (χ2n) is 6.58. The van der Waals surface area contributed by atoms with E-state index in [4.69, 9.17) is 4.74 Å². The molecule has 1 amide bonds. The van der Waals surface area contributed by atoms with Crippen LogP contribution in [-0.2, 0) is 4.74 Å². The fraction of sp³-hybridized carbons (Fsp3) is 0.222. The molecule has 0 aliphatic heterocycles. The number of aromatic nitrogens is 2. The highest BCUT2D eigenvalue weighted by Crippen LogP contribution is 2.28. The standard InChI is InChI=1S/C18H19BrN4O2/c1-18(2,3)25-17(24)23-16-15(9-12(19)10-21-16)22-13-4-5-14-11(8-13)6-7-20-14/h4-10,20,22H,1-3H3,(H,21,23,24). The normalized spacial score (nSPS) is 11.4. The van der Waals surface area contributed by atoms with Gasteiger partial charge in [-0.05, 0) is 67.0 Å². The van der Waals surface area contributed by atoms with Crippen molar-refractivity contribution < 1.29 is 9.53 Å². The van der Waals surface area contributed by atoms with Gasteiger partial charge in [-0.15, -0.1) is 0 Å². The summed E-state index contributed by atoms with van der Waals surface area (Å²) in [6.07, 6.45) is 2.96. The molecule has 3 rings (SSSR count). The molecule has 0 aliphatic carbocycles. The number of fused-ring (bicyclic) bond motifs is 1. The Balaban J connectivity index is 1.84. The van der Waals surface area contributed by atoms with Crippen molar-refractivity contribution >= 4 is 50.1 Å². The van der Waals surface area contributed by atoms with Gasteiger partial charge in [0.2, 0.25) is 0 Å². The van der Waals surface area contributed by atoms with E-state index in [1.54, 1.807) is 6.20 Å². The van der Waals surface area contributed by atoms with Crippen LogP contribution < -0.4 is 10.6 Å². The maximum atomic E-state index is 12.0. The highest BCUT2D eigenvalue weighted by Gasteiger charge is 2.18. The molecule has 130 valence electrons. The molecular weight excluding hydrogens is 384 g/mol. The first-order valence-corrected chi connectivity index (χ1v) is 8.59. The van der Waals surface area contributed by atoms with Gasteiger partial charge in [0.05, 0.1) is 5.69 Å². The molecule has 6 nitrogen and oxygen atoms in total. The van der Waals surface area contributed by atoms with Crippen LogP contribution in [0.4, 0.5) is 22.0 Å². The van der Waals surface area contributed by atoms with Gasteiger partial charge in [0.25, 0.3) is 0 Å². The Labute approximate surface area is 154 Å². The molecule has 3 aromatic rings. The zero-order chi connectivity index (χ0) is 18.0. The number of benzene rings is 1. The minimum Gasteiger partial charge on any atom is -0.444 e. The van der Waals surface area contributed by atoms with E-state index in [1.807, 2.05) is 57.3 Å². The zero-order valence-corrected chi connectivity index (χ0v) is 15.8. The maximum Gasteiger partial charge on any atom is 0.413 e. The summed E-state index contributed by atoms with van der Waals surface area (Å²) in [5.41, 5.74) is 2.03. The molecule has 0 unspecified atom stereocenters. The molecule has 2 heterocycles. The number of aromatic amines is 1. The summed E-state index contributed by atoms with van der Waals surface area (Å²) in [7, 11) is 0. The van der Waals surface area contributed by atoms with Crippen molar-refractivity contribution in [2.24, 2.45) is 0 Å². The molecular formula is C18H19BrN4O2. The summed E-state index contributed by atoms with van der Waals surface area (Å²) in [5.74, 6) is 0.395. The first-order valence-electron chi connectivity index (χ1n) is 7.80. The number of hydrogen-bond acceptors (Lipinski definition) is 4. The summed E-state index contributed by atoms with van der Waals surface area (Å²) in [4.78, 5) is 19.5. The van der Waals surface area contributed by atoms with Gasteiger partial charge in [0.15, 0.2) is 5.82 Å². The number of rotatable bonds is 3. The van der Waals surface area contributed by atoms with Crippen LogP contribution >= 0.6 is 15.9 Å². The van der Waals surface area contributed by atoms with Crippen molar-refractivity contribution in [1.82, 2.24) is 9.97 Å². The minimum absolute atomic E-state index is 0.395. The second kappa shape index (κ2) is 6.76. The molecule has 0 spiro atoms. The summed E-state index contributed by atoms with van der Waals surface area (Å²) in [6, 6.07) is 9.81. The zero-order valence-electron chi connectivity index (χ0n) is 14.2. The average molecular weight is 403 g/mol.